The van der Waals surface area contributed by atoms with Crippen LogP contribution in [-0.2, 0) is 11.3 Å². The number of carbonyl (C=O) groups is 1. The summed E-state index contributed by atoms with van der Waals surface area (Å²) in [5, 5.41) is 3.16. The Labute approximate surface area is 124 Å². The van der Waals surface area contributed by atoms with E-state index in [9.17, 15) is 4.79 Å². The molecule has 0 saturated carbocycles. The Morgan fingerprint density at radius 3 is 2.43 bits per heavy atom. The molecule has 1 N–H and O–H groups in total. The first kappa shape index (κ1) is 14.7. The molecule has 108 valence electrons. The van der Waals surface area contributed by atoms with Crippen LogP contribution in [0.25, 0.3) is 6.08 Å². The van der Waals surface area contributed by atoms with Gasteiger partial charge in [-0.1, -0.05) is 24.3 Å². The van der Waals surface area contributed by atoms with E-state index in [1.165, 1.54) is 11.1 Å². The molecule has 0 bridgehead atoms. The SMILES string of the molecule is C1=Cc2ccccc2CN1.COc1ccc(OC=O)cc1. The molecule has 0 atom stereocenters. The quantitative estimate of drug-likeness (QED) is 0.880. The number of ether oxygens (including phenoxy) is 2. The number of fused-ring (bicyclic) bond motifs is 1. The maximum Gasteiger partial charge on any atom is 0.298 e. The summed E-state index contributed by atoms with van der Waals surface area (Å²) in [6.07, 6.45) is 4.08. The highest BCUT2D eigenvalue weighted by Crippen LogP contribution is 2.16. The first-order chi connectivity index (χ1) is 10.3. The van der Waals surface area contributed by atoms with Crippen LogP contribution >= 0.6 is 0 Å². The molecule has 4 heteroatoms. The van der Waals surface area contributed by atoms with E-state index in [2.05, 4.69) is 40.4 Å². The zero-order chi connectivity index (χ0) is 14.9. The molecular weight excluding hydrogens is 266 g/mol. The number of benzene rings is 2. The van der Waals surface area contributed by atoms with Crippen LogP contribution in [0.1, 0.15) is 11.1 Å². The number of carbonyl (C=O) groups excluding carboxylic acids is 1. The van der Waals surface area contributed by atoms with E-state index >= 15 is 0 Å². The van der Waals surface area contributed by atoms with Gasteiger partial charge >= 0.3 is 0 Å². The second-order valence-electron chi connectivity index (χ2n) is 4.30. The Balaban J connectivity index is 0.000000154. The highest BCUT2D eigenvalue weighted by molar-refractivity contribution is 5.55. The summed E-state index contributed by atoms with van der Waals surface area (Å²) in [5.74, 6) is 1.25. The predicted octanol–water partition coefficient (Wildman–Crippen LogP) is 2.99. The van der Waals surface area contributed by atoms with Gasteiger partial charge < -0.3 is 14.8 Å². The lowest BCUT2D eigenvalue weighted by atomic mass is 10.1. The van der Waals surface area contributed by atoms with E-state index in [0.717, 1.165) is 12.3 Å². The van der Waals surface area contributed by atoms with Gasteiger partial charge in [-0.25, -0.2) is 0 Å². The molecule has 2 aromatic rings. The summed E-state index contributed by atoms with van der Waals surface area (Å²) in [4.78, 5) is 9.88. The van der Waals surface area contributed by atoms with Gasteiger partial charge in [0.15, 0.2) is 0 Å². The topological polar surface area (TPSA) is 47.6 Å². The molecule has 4 nitrogen and oxygen atoms in total. The van der Waals surface area contributed by atoms with E-state index in [1.54, 1.807) is 31.4 Å². The molecule has 1 aliphatic rings. The van der Waals surface area contributed by atoms with E-state index in [4.69, 9.17) is 4.74 Å². The van der Waals surface area contributed by atoms with Crippen LogP contribution in [0.5, 0.6) is 11.5 Å². The van der Waals surface area contributed by atoms with Crippen molar-refractivity contribution < 1.29 is 14.3 Å². The Hall–Kier alpha value is -2.75. The van der Waals surface area contributed by atoms with Crippen molar-refractivity contribution in [1.82, 2.24) is 5.32 Å². The Bertz CT molecular complexity index is 606. The van der Waals surface area contributed by atoms with Crippen molar-refractivity contribution >= 4 is 12.5 Å². The summed E-state index contributed by atoms with van der Waals surface area (Å²) in [6.45, 7) is 1.36. The van der Waals surface area contributed by atoms with Crippen LogP contribution in [0.3, 0.4) is 0 Å². The molecule has 0 amide bonds. The second-order valence-corrected chi connectivity index (χ2v) is 4.30. The predicted molar refractivity (Wildman–Crippen MR) is 82.0 cm³/mol. The third-order valence-corrected chi connectivity index (χ3v) is 2.97. The minimum Gasteiger partial charge on any atom is -0.497 e. The van der Waals surface area contributed by atoms with Gasteiger partial charge in [-0.15, -0.1) is 0 Å². The zero-order valence-electron chi connectivity index (χ0n) is 11.8. The van der Waals surface area contributed by atoms with E-state index < -0.39 is 0 Å². The average molecular weight is 283 g/mol. The highest BCUT2D eigenvalue weighted by Gasteiger charge is 1.99. The van der Waals surface area contributed by atoms with Crippen LogP contribution in [-0.4, -0.2) is 13.6 Å². The van der Waals surface area contributed by atoms with E-state index in [-0.39, 0.29) is 0 Å². The highest BCUT2D eigenvalue weighted by atomic mass is 16.5. The molecule has 0 aromatic heterocycles. The van der Waals surface area contributed by atoms with E-state index in [0.29, 0.717) is 12.2 Å². The summed E-state index contributed by atoms with van der Waals surface area (Å²) in [6, 6.07) is 15.2. The lowest BCUT2D eigenvalue weighted by Gasteiger charge is -2.10. The summed E-state index contributed by atoms with van der Waals surface area (Å²) < 4.78 is 9.47. The van der Waals surface area contributed by atoms with Gasteiger partial charge in [0.2, 0.25) is 0 Å². The van der Waals surface area contributed by atoms with Crippen molar-refractivity contribution in [2.75, 3.05) is 7.11 Å². The van der Waals surface area contributed by atoms with Gasteiger partial charge in [-0.3, -0.25) is 4.79 Å². The molecule has 3 rings (SSSR count). The molecule has 1 aliphatic heterocycles. The van der Waals surface area contributed by atoms with Gasteiger partial charge in [0.05, 0.1) is 7.11 Å². The van der Waals surface area contributed by atoms with Gasteiger partial charge in [0.25, 0.3) is 6.47 Å². The maximum atomic E-state index is 9.88. The molecule has 1 heterocycles. The molecule has 21 heavy (non-hydrogen) atoms. The number of methoxy groups -OCH3 is 1. The standard InChI is InChI=1S/C9H9N.C8H8O3/c1-2-4-9-7-10-6-5-8(9)3-1;1-10-7-2-4-8(5-3-7)11-6-9/h1-6,10H,7H2;2-6H,1H3. The molecule has 0 spiro atoms. The van der Waals surface area contributed by atoms with Gasteiger partial charge in [-0.2, -0.15) is 0 Å². The Kier molecular flexibility index (Phi) is 5.41. The summed E-state index contributed by atoms with van der Waals surface area (Å²) >= 11 is 0. The number of nitrogens with one attached hydrogen (secondary N) is 1. The van der Waals surface area contributed by atoms with Crippen molar-refractivity contribution in [3.05, 3.63) is 65.9 Å². The second kappa shape index (κ2) is 7.75. The summed E-state index contributed by atoms with van der Waals surface area (Å²) in [7, 11) is 1.58. The smallest absolute Gasteiger partial charge is 0.298 e. The van der Waals surface area contributed by atoms with Gasteiger partial charge in [0, 0.05) is 6.54 Å². The van der Waals surface area contributed by atoms with Crippen LogP contribution in [0.4, 0.5) is 0 Å². The molecule has 0 aliphatic carbocycles. The van der Waals surface area contributed by atoms with Gasteiger partial charge in [-0.05, 0) is 47.7 Å². The first-order valence-electron chi connectivity index (χ1n) is 6.55. The lowest BCUT2D eigenvalue weighted by molar-refractivity contribution is -0.120. The summed E-state index contributed by atoms with van der Waals surface area (Å²) in [5.41, 5.74) is 2.71. The van der Waals surface area contributed by atoms with Crippen LogP contribution in [0.15, 0.2) is 54.7 Å². The molecule has 0 saturated heterocycles. The first-order valence-corrected chi connectivity index (χ1v) is 6.55. The fourth-order valence-electron chi connectivity index (χ4n) is 1.89. The number of rotatable bonds is 3. The number of hydrogen-bond acceptors (Lipinski definition) is 4. The number of hydrogen-bond donors (Lipinski definition) is 1. The molecule has 2 aromatic carbocycles. The molecule has 0 radical (unpaired) electrons. The van der Waals surface area contributed by atoms with Gasteiger partial charge in [0.1, 0.15) is 11.5 Å². The van der Waals surface area contributed by atoms with E-state index in [1.807, 2.05) is 6.20 Å². The minimum atomic E-state index is 0.391. The monoisotopic (exact) mass is 283 g/mol. The normalized spacial score (nSPS) is 11.3. The van der Waals surface area contributed by atoms with Crippen molar-refractivity contribution in [2.45, 2.75) is 6.54 Å². The fraction of sp³-hybridized carbons (Fsp3) is 0.118. The molecule has 0 unspecified atom stereocenters. The molecule has 0 fully saturated rings. The average Bonchev–Trinajstić information content (AvgIpc) is 2.57. The Morgan fingerprint density at radius 2 is 1.76 bits per heavy atom. The fourth-order valence-corrected chi connectivity index (χ4v) is 1.89. The molecular formula is C17H17NO3. The largest absolute Gasteiger partial charge is 0.497 e. The minimum absolute atomic E-state index is 0.391. The maximum absolute atomic E-state index is 9.88. The van der Waals surface area contributed by atoms with Crippen molar-refractivity contribution in [1.29, 1.82) is 0 Å². The van der Waals surface area contributed by atoms with Crippen molar-refractivity contribution in [3.63, 3.8) is 0 Å². The van der Waals surface area contributed by atoms with Crippen molar-refractivity contribution in [3.8, 4) is 11.5 Å². The Morgan fingerprint density at radius 1 is 1.05 bits per heavy atom. The lowest BCUT2D eigenvalue weighted by Crippen LogP contribution is -2.09. The van der Waals surface area contributed by atoms with Crippen LogP contribution < -0.4 is 14.8 Å². The van der Waals surface area contributed by atoms with Crippen LogP contribution in [0, 0.1) is 0 Å². The zero-order valence-corrected chi connectivity index (χ0v) is 11.8. The third kappa shape index (κ3) is 4.38. The van der Waals surface area contributed by atoms with Crippen molar-refractivity contribution in [2.24, 2.45) is 0 Å². The third-order valence-electron chi connectivity index (χ3n) is 2.97. The van der Waals surface area contributed by atoms with Crippen LogP contribution in [0.2, 0.25) is 0 Å².